The van der Waals surface area contributed by atoms with Crippen molar-refractivity contribution < 1.29 is 28.8 Å². The van der Waals surface area contributed by atoms with E-state index in [4.69, 9.17) is 0 Å². The number of imide groups is 4. The molecule has 0 spiro atoms. The Morgan fingerprint density at radius 2 is 1.00 bits per heavy atom. The third-order valence-corrected chi connectivity index (χ3v) is 3.72. The molecule has 0 aromatic carbocycles. The Bertz CT molecular complexity index is 510. The van der Waals surface area contributed by atoms with E-state index in [1.165, 1.54) is 0 Å². The summed E-state index contributed by atoms with van der Waals surface area (Å²) >= 11 is 0. The fourth-order valence-electron chi connectivity index (χ4n) is 2.50. The van der Waals surface area contributed by atoms with Gasteiger partial charge in [0.05, 0.1) is 0 Å². The number of hydrogen-bond donors (Lipinski definition) is 2. The van der Waals surface area contributed by atoms with Crippen molar-refractivity contribution in [3.63, 3.8) is 0 Å². The molecule has 0 bridgehead atoms. The summed E-state index contributed by atoms with van der Waals surface area (Å²) in [6, 6.07) is -1.40. The van der Waals surface area contributed by atoms with Crippen LogP contribution in [0.25, 0.3) is 0 Å². The first-order valence-corrected chi connectivity index (χ1v) is 7.67. The molecule has 0 saturated carbocycles. The van der Waals surface area contributed by atoms with E-state index in [1.54, 1.807) is 0 Å². The monoisotopic (exact) mass is 338 g/mol. The number of nitrogens with one attached hydrogen (secondary N) is 2. The van der Waals surface area contributed by atoms with Crippen LogP contribution < -0.4 is 10.6 Å². The molecule has 10 heteroatoms. The average molecular weight is 338 g/mol. The fourth-order valence-corrected chi connectivity index (χ4v) is 2.50. The van der Waals surface area contributed by atoms with Gasteiger partial charge in [-0.15, -0.1) is 0 Å². The molecule has 0 unspecified atom stereocenters. The van der Waals surface area contributed by atoms with Crippen molar-refractivity contribution in [1.29, 1.82) is 0 Å². The summed E-state index contributed by atoms with van der Waals surface area (Å²) in [5.74, 6) is -2.21. The third-order valence-electron chi connectivity index (χ3n) is 3.72. The van der Waals surface area contributed by atoms with Gasteiger partial charge in [-0.25, -0.2) is 9.59 Å². The number of unbranched alkanes of at least 4 members (excludes halogenated alkanes) is 3. The molecule has 2 fully saturated rings. The Hall–Kier alpha value is -2.78. The highest BCUT2D eigenvalue weighted by Crippen LogP contribution is 2.09. The topological polar surface area (TPSA) is 133 Å². The van der Waals surface area contributed by atoms with Crippen LogP contribution in [0.1, 0.15) is 38.5 Å². The lowest BCUT2D eigenvalue weighted by atomic mass is 10.1. The Labute approximate surface area is 137 Å². The van der Waals surface area contributed by atoms with Crippen molar-refractivity contribution in [2.45, 2.75) is 38.5 Å². The molecule has 0 atom stereocenters. The maximum Gasteiger partial charge on any atom is 0.330 e. The van der Waals surface area contributed by atoms with E-state index in [0.29, 0.717) is 25.7 Å². The minimum Gasteiger partial charge on any atom is -0.277 e. The van der Waals surface area contributed by atoms with Gasteiger partial charge < -0.3 is 0 Å². The number of hydrogen-bond acceptors (Lipinski definition) is 6. The zero-order valence-corrected chi connectivity index (χ0v) is 13.0. The Morgan fingerprint density at radius 3 is 1.33 bits per heavy atom. The van der Waals surface area contributed by atoms with Crippen molar-refractivity contribution in [2.75, 3.05) is 13.1 Å². The van der Waals surface area contributed by atoms with Gasteiger partial charge in [-0.3, -0.25) is 39.6 Å². The summed E-state index contributed by atoms with van der Waals surface area (Å²) in [7, 11) is 0. The summed E-state index contributed by atoms with van der Waals surface area (Å²) in [4.78, 5) is 70.2. The molecule has 24 heavy (non-hydrogen) atoms. The van der Waals surface area contributed by atoms with Crippen LogP contribution in [0.2, 0.25) is 0 Å². The summed E-state index contributed by atoms with van der Waals surface area (Å²) in [5.41, 5.74) is 0. The van der Waals surface area contributed by atoms with Crippen LogP contribution in [0.5, 0.6) is 0 Å². The smallest absolute Gasteiger partial charge is 0.277 e. The fraction of sp³-hybridized carbons (Fsp3) is 0.571. The van der Waals surface area contributed by atoms with E-state index >= 15 is 0 Å². The lowest BCUT2D eigenvalue weighted by Gasteiger charge is -2.25. The molecule has 0 aromatic heterocycles. The Balaban J connectivity index is 1.63. The van der Waals surface area contributed by atoms with Gasteiger partial charge in [-0.2, -0.15) is 0 Å². The number of rotatable bonds is 7. The second-order valence-electron chi connectivity index (χ2n) is 5.57. The maximum absolute atomic E-state index is 11.6. The van der Waals surface area contributed by atoms with Gasteiger partial charge >= 0.3 is 12.1 Å². The van der Waals surface area contributed by atoms with Crippen LogP contribution >= 0.6 is 0 Å². The highest BCUT2D eigenvalue weighted by atomic mass is 16.2. The quantitative estimate of drug-likeness (QED) is 0.474. The summed E-state index contributed by atoms with van der Waals surface area (Å²) in [5, 5.41) is 4.16. The highest BCUT2D eigenvalue weighted by Gasteiger charge is 2.31. The van der Waals surface area contributed by atoms with E-state index in [9.17, 15) is 28.8 Å². The van der Waals surface area contributed by atoms with Gasteiger partial charge in [0, 0.05) is 13.1 Å². The number of nitrogens with zero attached hydrogens (tertiary/aromatic N) is 2. The highest BCUT2D eigenvalue weighted by molar-refractivity contribution is 6.14. The van der Waals surface area contributed by atoms with Crippen molar-refractivity contribution in [3.8, 4) is 0 Å². The van der Waals surface area contributed by atoms with Gasteiger partial charge in [0.2, 0.25) is 23.6 Å². The molecular weight excluding hydrogens is 320 g/mol. The van der Waals surface area contributed by atoms with Crippen LogP contribution in [-0.4, -0.2) is 58.6 Å². The van der Waals surface area contributed by atoms with Crippen molar-refractivity contribution in [2.24, 2.45) is 0 Å². The van der Waals surface area contributed by atoms with Gasteiger partial charge in [0.15, 0.2) is 0 Å². The lowest BCUT2D eigenvalue weighted by molar-refractivity contribution is -0.138. The van der Waals surface area contributed by atoms with Crippen LogP contribution in [0.15, 0.2) is 0 Å². The van der Waals surface area contributed by atoms with E-state index < -0.39 is 35.7 Å². The molecule has 10 nitrogen and oxygen atoms in total. The molecule has 0 aliphatic carbocycles. The maximum atomic E-state index is 11.6. The molecule has 2 heterocycles. The molecule has 2 saturated heterocycles. The molecule has 0 aromatic rings. The second-order valence-corrected chi connectivity index (χ2v) is 5.57. The number of carbonyl (C=O) groups excluding carboxylic acids is 6. The number of urea groups is 2. The van der Waals surface area contributed by atoms with E-state index in [1.807, 2.05) is 0 Å². The van der Waals surface area contributed by atoms with Gasteiger partial charge in [0.1, 0.15) is 12.8 Å². The largest absolute Gasteiger partial charge is 0.330 e. The minimum absolute atomic E-state index is 0.218. The first kappa shape index (κ1) is 17.6. The average Bonchev–Trinajstić information content (AvgIpc) is 2.46. The molecule has 2 N–H and O–H groups in total. The second kappa shape index (κ2) is 7.66. The van der Waals surface area contributed by atoms with Crippen molar-refractivity contribution in [3.05, 3.63) is 0 Å². The number of carbonyl (C=O) groups is 6. The first-order chi connectivity index (χ1) is 11.4. The van der Waals surface area contributed by atoms with Crippen LogP contribution in [-0.2, 0) is 19.2 Å². The van der Waals surface area contributed by atoms with Crippen LogP contribution in [0.4, 0.5) is 9.59 Å². The standard InChI is InChI=1S/C14H18N4O6/c19-9-7-11(21)17(13(23)15-9)5-3-1-2-4-6-18-12(22)8-10(20)16-14(18)24/h1-8H2,(H,15,19,23)(H,16,20,24). The van der Waals surface area contributed by atoms with Crippen molar-refractivity contribution in [1.82, 2.24) is 20.4 Å². The van der Waals surface area contributed by atoms with E-state index in [-0.39, 0.29) is 25.9 Å². The Morgan fingerprint density at radius 1 is 0.625 bits per heavy atom. The third kappa shape index (κ3) is 4.37. The van der Waals surface area contributed by atoms with Gasteiger partial charge in [-0.1, -0.05) is 12.8 Å². The zero-order valence-electron chi connectivity index (χ0n) is 13.0. The first-order valence-electron chi connectivity index (χ1n) is 7.67. The lowest BCUT2D eigenvalue weighted by Crippen LogP contribution is -2.53. The minimum atomic E-state index is -0.698. The molecule has 130 valence electrons. The van der Waals surface area contributed by atoms with Gasteiger partial charge in [0.25, 0.3) is 0 Å². The SMILES string of the molecule is O=C1CC(=O)N(CCCCCCN2C(=O)CC(=O)NC2=O)C(=O)N1. The molecule has 2 rings (SSSR count). The molecule has 0 radical (unpaired) electrons. The van der Waals surface area contributed by atoms with Crippen molar-refractivity contribution >= 4 is 35.7 Å². The van der Waals surface area contributed by atoms with Crippen LogP contribution in [0, 0.1) is 0 Å². The normalized spacial score (nSPS) is 18.8. The predicted octanol–water partition coefficient (Wildman–Crippen LogP) is -0.516. The predicted molar refractivity (Wildman–Crippen MR) is 78.2 cm³/mol. The zero-order chi connectivity index (χ0) is 17.7. The summed E-state index contributed by atoms with van der Waals surface area (Å²) in [6.45, 7) is 0.436. The molecular formula is C14H18N4O6. The summed E-state index contributed by atoms with van der Waals surface area (Å²) < 4.78 is 0. The van der Waals surface area contributed by atoms with E-state index in [0.717, 1.165) is 9.80 Å². The number of amides is 8. The molecule has 8 amide bonds. The molecule has 2 aliphatic heterocycles. The van der Waals surface area contributed by atoms with E-state index in [2.05, 4.69) is 10.6 Å². The van der Waals surface area contributed by atoms with Crippen LogP contribution in [0.3, 0.4) is 0 Å². The number of barbiturate groups is 2. The Kier molecular flexibility index (Phi) is 5.61. The molecule has 2 aliphatic rings. The summed E-state index contributed by atoms with van der Waals surface area (Å²) in [6.07, 6.45) is 1.85. The van der Waals surface area contributed by atoms with Gasteiger partial charge in [-0.05, 0) is 12.8 Å².